The lowest BCUT2D eigenvalue weighted by atomic mass is 9.80. The van der Waals surface area contributed by atoms with Crippen LogP contribution in [0.15, 0.2) is 29.0 Å². The third-order valence-electron chi connectivity index (χ3n) is 4.02. The molecule has 0 radical (unpaired) electrons. The first-order valence-electron chi connectivity index (χ1n) is 6.32. The maximum Gasteiger partial charge on any atom is 0.0410 e. The van der Waals surface area contributed by atoms with Crippen LogP contribution in [0, 0.1) is 0 Å². The Morgan fingerprint density at radius 2 is 2.24 bits per heavy atom. The molecule has 1 atom stereocenters. The van der Waals surface area contributed by atoms with Gasteiger partial charge in [0.2, 0.25) is 0 Å². The summed E-state index contributed by atoms with van der Waals surface area (Å²) in [6.07, 6.45) is 12.5. The van der Waals surface area contributed by atoms with Gasteiger partial charge in [0.1, 0.15) is 0 Å². The summed E-state index contributed by atoms with van der Waals surface area (Å²) in [5.74, 6) is 0. The van der Waals surface area contributed by atoms with Gasteiger partial charge in [0.25, 0.3) is 0 Å². The number of nitrogens with zero attached hydrogens (tertiary/aromatic N) is 1. The van der Waals surface area contributed by atoms with Crippen molar-refractivity contribution in [2.75, 3.05) is 6.54 Å². The molecule has 3 rings (SSSR count). The van der Waals surface area contributed by atoms with Gasteiger partial charge in [-0.3, -0.25) is 4.98 Å². The molecular weight excluding hydrogens is 276 g/mol. The van der Waals surface area contributed by atoms with Crippen LogP contribution in [0.2, 0.25) is 0 Å². The van der Waals surface area contributed by atoms with Crippen LogP contribution in [0.5, 0.6) is 0 Å². The van der Waals surface area contributed by atoms with Crippen LogP contribution in [0.4, 0.5) is 0 Å². The summed E-state index contributed by atoms with van der Waals surface area (Å²) in [6, 6.07) is 2.17. The third kappa shape index (κ3) is 2.31. The lowest BCUT2D eigenvalue weighted by Gasteiger charge is -2.33. The van der Waals surface area contributed by atoms with E-state index in [0.717, 1.165) is 4.47 Å². The number of hydrogen-bond donors (Lipinski definition) is 1. The fourth-order valence-electron chi connectivity index (χ4n) is 3.00. The zero-order valence-electron chi connectivity index (χ0n) is 9.88. The van der Waals surface area contributed by atoms with E-state index in [1.165, 1.54) is 49.8 Å². The number of hydrogen-bond acceptors (Lipinski definition) is 2. The normalized spacial score (nSPS) is 28.4. The summed E-state index contributed by atoms with van der Waals surface area (Å²) in [4.78, 5) is 4.25. The Kier molecular flexibility index (Phi) is 3.05. The molecule has 0 bridgehead atoms. The Morgan fingerprint density at radius 1 is 1.29 bits per heavy atom. The van der Waals surface area contributed by atoms with Gasteiger partial charge in [0.15, 0.2) is 0 Å². The Balaban J connectivity index is 1.80. The molecule has 0 saturated carbocycles. The van der Waals surface area contributed by atoms with Gasteiger partial charge in [-0.05, 0) is 71.8 Å². The minimum absolute atomic E-state index is 0.420. The largest absolute Gasteiger partial charge is 0.311 e. The Morgan fingerprint density at radius 3 is 2.88 bits per heavy atom. The zero-order chi connectivity index (χ0) is 11.7. The quantitative estimate of drug-likeness (QED) is 0.856. The van der Waals surface area contributed by atoms with Crippen molar-refractivity contribution in [3.05, 3.63) is 34.6 Å². The van der Waals surface area contributed by atoms with Gasteiger partial charge >= 0.3 is 0 Å². The van der Waals surface area contributed by atoms with Crippen molar-refractivity contribution in [1.29, 1.82) is 0 Å². The molecule has 2 aliphatic rings. The average Bonchev–Trinajstić information content (AvgIpc) is 2.79. The van der Waals surface area contributed by atoms with E-state index in [4.69, 9.17) is 0 Å². The van der Waals surface area contributed by atoms with Gasteiger partial charge in [0, 0.05) is 22.4 Å². The summed E-state index contributed by atoms with van der Waals surface area (Å²) < 4.78 is 1.06. The molecule has 1 spiro atoms. The van der Waals surface area contributed by atoms with Crippen LogP contribution >= 0.6 is 15.9 Å². The van der Waals surface area contributed by atoms with Crippen molar-refractivity contribution in [3.8, 4) is 0 Å². The third-order valence-corrected chi connectivity index (χ3v) is 4.45. The molecule has 2 heterocycles. The molecule has 2 nitrogen and oxygen atoms in total. The standard InChI is InChI=1S/C14H17BrN2/c15-13-8-12(9-16-10-13)11-2-5-14(6-3-11)4-1-7-17-14/h2,8-10,17H,1,3-7H2. The van der Waals surface area contributed by atoms with E-state index in [-0.39, 0.29) is 0 Å². The highest BCUT2D eigenvalue weighted by atomic mass is 79.9. The molecule has 1 N–H and O–H groups in total. The number of halogens is 1. The second-order valence-corrected chi connectivity index (χ2v) is 6.05. The minimum Gasteiger partial charge on any atom is -0.311 e. The van der Waals surface area contributed by atoms with Crippen LogP contribution in [0.25, 0.3) is 5.57 Å². The van der Waals surface area contributed by atoms with Gasteiger partial charge in [-0.25, -0.2) is 0 Å². The number of pyridine rings is 1. The Bertz CT molecular complexity index is 447. The number of nitrogens with one attached hydrogen (secondary N) is 1. The first-order chi connectivity index (χ1) is 8.27. The number of rotatable bonds is 1. The molecule has 17 heavy (non-hydrogen) atoms. The van der Waals surface area contributed by atoms with Crippen LogP contribution < -0.4 is 5.32 Å². The Labute approximate surface area is 111 Å². The second kappa shape index (κ2) is 4.54. The summed E-state index contributed by atoms with van der Waals surface area (Å²) >= 11 is 3.49. The number of allylic oxidation sites excluding steroid dienone is 1. The molecule has 1 aliphatic carbocycles. The second-order valence-electron chi connectivity index (χ2n) is 5.14. The van der Waals surface area contributed by atoms with Crippen LogP contribution in [-0.2, 0) is 0 Å². The topological polar surface area (TPSA) is 24.9 Å². The van der Waals surface area contributed by atoms with Gasteiger partial charge in [-0.15, -0.1) is 0 Å². The Hall–Kier alpha value is -0.670. The van der Waals surface area contributed by atoms with Gasteiger partial charge in [0.05, 0.1) is 0 Å². The summed E-state index contributed by atoms with van der Waals surface area (Å²) in [7, 11) is 0. The van der Waals surface area contributed by atoms with Gasteiger partial charge < -0.3 is 5.32 Å². The summed E-state index contributed by atoms with van der Waals surface area (Å²) in [5.41, 5.74) is 3.15. The van der Waals surface area contributed by atoms with Crippen LogP contribution in [0.1, 0.15) is 37.7 Å². The average molecular weight is 293 g/mol. The van der Waals surface area contributed by atoms with Crippen molar-refractivity contribution >= 4 is 21.5 Å². The van der Waals surface area contributed by atoms with Gasteiger partial charge in [-0.2, -0.15) is 0 Å². The minimum atomic E-state index is 0.420. The molecule has 1 aromatic heterocycles. The SMILES string of the molecule is Brc1cncc(C2=CCC3(CCCN3)CC2)c1. The molecule has 1 aromatic rings. The monoisotopic (exact) mass is 292 g/mol. The van der Waals surface area contributed by atoms with E-state index in [2.05, 4.69) is 38.4 Å². The van der Waals surface area contributed by atoms with Crippen molar-refractivity contribution in [2.24, 2.45) is 0 Å². The van der Waals surface area contributed by atoms with Gasteiger partial charge in [-0.1, -0.05) is 6.08 Å². The molecule has 0 amide bonds. The van der Waals surface area contributed by atoms with E-state index in [1.54, 1.807) is 0 Å². The van der Waals surface area contributed by atoms with E-state index >= 15 is 0 Å². The maximum absolute atomic E-state index is 4.25. The van der Waals surface area contributed by atoms with E-state index < -0.39 is 0 Å². The lowest BCUT2D eigenvalue weighted by molar-refractivity contribution is 0.347. The molecule has 0 aromatic carbocycles. The molecule has 3 heteroatoms. The predicted octanol–water partition coefficient (Wildman–Crippen LogP) is 3.53. The molecule has 1 aliphatic heterocycles. The summed E-state index contributed by atoms with van der Waals surface area (Å²) in [5, 5.41) is 3.69. The smallest absolute Gasteiger partial charge is 0.0410 e. The van der Waals surface area contributed by atoms with Crippen molar-refractivity contribution in [3.63, 3.8) is 0 Å². The molecule has 1 saturated heterocycles. The molecular formula is C14H17BrN2. The van der Waals surface area contributed by atoms with E-state index in [9.17, 15) is 0 Å². The first kappa shape index (κ1) is 11.4. The zero-order valence-corrected chi connectivity index (χ0v) is 11.5. The van der Waals surface area contributed by atoms with Crippen LogP contribution in [-0.4, -0.2) is 17.1 Å². The highest BCUT2D eigenvalue weighted by Gasteiger charge is 2.34. The molecule has 90 valence electrons. The molecule has 1 unspecified atom stereocenters. The predicted molar refractivity (Wildman–Crippen MR) is 73.7 cm³/mol. The summed E-state index contributed by atoms with van der Waals surface area (Å²) in [6.45, 7) is 1.20. The fraction of sp³-hybridized carbons (Fsp3) is 0.500. The number of aromatic nitrogens is 1. The van der Waals surface area contributed by atoms with Crippen molar-refractivity contribution in [1.82, 2.24) is 10.3 Å². The highest BCUT2D eigenvalue weighted by Crippen LogP contribution is 2.37. The van der Waals surface area contributed by atoms with Crippen molar-refractivity contribution < 1.29 is 0 Å². The van der Waals surface area contributed by atoms with Crippen LogP contribution in [0.3, 0.4) is 0 Å². The molecule has 1 fully saturated rings. The lowest BCUT2D eigenvalue weighted by Crippen LogP contribution is -2.40. The first-order valence-corrected chi connectivity index (χ1v) is 7.12. The highest BCUT2D eigenvalue weighted by molar-refractivity contribution is 9.10. The van der Waals surface area contributed by atoms with E-state index in [1.807, 2.05) is 12.4 Å². The van der Waals surface area contributed by atoms with E-state index in [0.29, 0.717) is 5.54 Å². The van der Waals surface area contributed by atoms with Crippen molar-refractivity contribution in [2.45, 2.75) is 37.6 Å². The fourth-order valence-corrected chi connectivity index (χ4v) is 3.37. The maximum atomic E-state index is 4.25.